The van der Waals surface area contributed by atoms with Gasteiger partial charge in [-0.05, 0) is 48.5 Å². The number of methoxy groups -OCH3 is 1. The van der Waals surface area contributed by atoms with Crippen LogP contribution in [-0.4, -0.2) is 29.8 Å². The predicted molar refractivity (Wildman–Crippen MR) is 128 cm³/mol. The third-order valence-electron chi connectivity index (χ3n) is 5.46. The molecule has 34 heavy (non-hydrogen) atoms. The van der Waals surface area contributed by atoms with Gasteiger partial charge in [0.1, 0.15) is 5.58 Å². The van der Waals surface area contributed by atoms with Crippen molar-refractivity contribution in [1.29, 1.82) is 0 Å². The lowest BCUT2D eigenvalue weighted by molar-refractivity contribution is 0.171. The normalized spacial score (nSPS) is 12.8. The van der Waals surface area contributed by atoms with Gasteiger partial charge in [-0.2, -0.15) is 9.78 Å². The van der Waals surface area contributed by atoms with E-state index >= 15 is 0 Å². The first-order chi connectivity index (χ1) is 16.6. The van der Waals surface area contributed by atoms with Crippen molar-refractivity contribution in [2.75, 3.05) is 13.9 Å². The van der Waals surface area contributed by atoms with Crippen molar-refractivity contribution in [2.45, 2.75) is 0 Å². The second-order valence-electron chi connectivity index (χ2n) is 7.56. The molecule has 6 rings (SSSR count). The standard InChI is InChI=1S/C25H16ClN3O5/c1-31-20-8-14(9-21-23(20)33-13-32-21)12-27-29-24(28-18-5-3-2-4-17(18)25(29)30)22-11-15-10-16(26)6-7-19(15)34-22/h2-12H,13H2,1H3. The second-order valence-corrected chi connectivity index (χ2v) is 8.00. The third-order valence-corrected chi connectivity index (χ3v) is 5.69. The SMILES string of the molecule is COc1cc(C=Nn2c(-c3cc4cc(Cl)ccc4o3)nc3ccccc3c2=O)cc2c1OCO2. The van der Waals surface area contributed by atoms with E-state index in [1.807, 2.05) is 6.07 Å². The molecule has 0 fully saturated rings. The fourth-order valence-corrected chi connectivity index (χ4v) is 4.04. The molecule has 2 aromatic heterocycles. The summed E-state index contributed by atoms with van der Waals surface area (Å²) in [6.45, 7) is 0.112. The number of nitrogens with zero attached hydrogens (tertiary/aromatic N) is 3. The van der Waals surface area contributed by atoms with Crippen LogP contribution in [0.15, 0.2) is 75.0 Å². The van der Waals surface area contributed by atoms with E-state index in [-0.39, 0.29) is 18.2 Å². The van der Waals surface area contributed by atoms with Crippen LogP contribution in [0.1, 0.15) is 5.56 Å². The van der Waals surface area contributed by atoms with Crippen molar-refractivity contribution < 1.29 is 18.6 Å². The van der Waals surface area contributed by atoms with E-state index in [4.69, 9.17) is 30.2 Å². The molecule has 0 saturated heterocycles. The van der Waals surface area contributed by atoms with Gasteiger partial charge < -0.3 is 18.6 Å². The average molecular weight is 474 g/mol. The zero-order valence-corrected chi connectivity index (χ0v) is 18.6. The van der Waals surface area contributed by atoms with Crippen LogP contribution in [0.25, 0.3) is 33.5 Å². The quantitative estimate of drug-likeness (QED) is 0.338. The molecule has 0 N–H and O–H groups in total. The first-order valence-corrected chi connectivity index (χ1v) is 10.7. The molecule has 0 saturated carbocycles. The minimum atomic E-state index is -0.331. The molecule has 0 bridgehead atoms. The Kier molecular flexibility index (Phi) is 4.74. The monoisotopic (exact) mass is 473 g/mol. The van der Waals surface area contributed by atoms with Crippen LogP contribution < -0.4 is 19.8 Å². The molecule has 0 amide bonds. The summed E-state index contributed by atoms with van der Waals surface area (Å²) in [4.78, 5) is 18.1. The number of para-hydroxylation sites is 1. The number of halogens is 1. The molecular formula is C25H16ClN3O5. The van der Waals surface area contributed by atoms with E-state index in [0.29, 0.717) is 50.1 Å². The highest BCUT2D eigenvalue weighted by atomic mass is 35.5. The molecule has 0 aliphatic carbocycles. The molecule has 1 aliphatic heterocycles. The van der Waals surface area contributed by atoms with Gasteiger partial charge in [0.25, 0.3) is 5.56 Å². The van der Waals surface area contributed by atoms with Gasteiger partial charge in [0.15, 0.2) is 17.3 Å². The van der Waals surface area contributed by atoms with E-state index in [1.54, 1.807) is 61.7 Å². The number of ether oxygens (including phenoxy) is 3. The third kappa shape index (κ3) is 3.36. The Balaban J connectivity index is 1.54. The molecule has 1 aliphatic rings. The molecule has 8 nitrogen and oxygen atoms in total. The number of benzene rings is 3. The van der Waals surface area contributed by atoms with Crippen LogP contribution in [0.4, 0.5) is 0 Å². The summed E-state index contributed by atoms with van der Waals surface area (Å²) in [6, 6.07) is 17.7. The van der Waals surface area contributed by atoms with Crippen LogP contribution in [0, 0.1) is 0 Å². The number of furan rings is 1. The van der Waals surface area contributed by atoms with Gasteiger partial charge in [0.2, 0.25) is 18.4 Å². The van der Waals surface area contributed by atoms with Crippen molar-refractivity contribution in [2.24, 2.45) is 5.10 Å². The Morgan fingerprint density at radius 1 is 1.12 bits per heavy atom. The topological polar surface area (TPSA) is 88.1 Å². The molecule has 0 radical (unpaired) electrons. The van der Waals surface area contributed by atoms with Gasteiger partial charge in [-0.15, -0.1) is 0 Å². The van der Waals surface area contributed by atoms with Gasteiger partial charge >= 0.3 is 0 Å². The molecule has 3 aromatic carbocycles. The largest absolute Gasteiger partial charge is 0.493 e. The van der Waals surface area contributed by atoms with Gasteiger partial charge in [-0.1, -0.05) is 23.7 Å². The van der Waals surface area contributed by atoms with Crippen molar-refractivity contribution in [3.63, 3.8) is 0 Å². The molecule has 168 valence electrons. The maximum atomic E-state index is 13.4. The average Bonchev–Trinajstić information content (AvgIpc) is 3.49. The fourth-order valence-electron chi connectivity index (χ4n) is 3.86. The Bertz CT molecular complexity index is 1670. The van der Waals surface area contributed by atoms with Gasteiger partial charge in [-0.3, -0.25) is 4.79 Å². The van der Waals surface area contributed by atoms with Crippen molar-refractivity contribution in [1.82, 2.24) is 9.66 Å². The molecular weight excluding hydrogens is 458 g/mol. The Labute approximate surface area is 197 Å². The maximum Gasteiger partial charge on any atom is 0.282 e. The zero-order valence-electron chi connectivity index (χ0n) is 17.8. The van der Waals surface area contributed by atoms with E-state index in [0.717, 1.165) is 5.39 Å². The summed E-state index contributed by atoms with van der Waals surface area (Å²) in [6.07, 6.45) is 1.53. The minimum absolute atomic E-state index is 0.112. The van der Waals surface area contributed by atoms with Crippen molar-refractivity contribution in [3.05, 3.63) is 81.6 Å². The first-order valence-electron chi connectivity index (χ1n) is 10.3. The maximum absolute atomic E-state index is 13.4. The number of hydrogen-bond donors (Lipinski definition) is 0. The van der Waals surface area contributed by atoms with Crippen LogP contribution >= 0.6 is 11.6 Å². The van der Waals surface area contributed by atoms with Crippen molar-refractivity contribution >= 4 is 39.7 Å². The lowest BCUT2D eigenvalue weighted by atomic mass is 10.2. The van der Waals surface area contributed by atoms with Gasteiger partial charge in [0, 0.05) is 16.0 Å². The summed E-state index contributed by atoms with van der Waals surface area (Å²) >= 11 is 6.13. The smallest absolute Gasteiger partial charge is 0.282 e. The highest BCUT2D eigenvalue weighted by Gasteiger charge is 2.20. The Morgan fingerprint density at radius 3 is 2.88 bits per heavy atom. The van der Waals surface area contributed by atoms with E-state index in [9.17, 15) is 4.79 Å². The molecule has 0 atom stereocenters. The molecule has 5 aromatic rings. The van der Waals surface area contributed by atoms with Crippen LogP contribution in [0.3, 0.4) is 0 Å². The van der Waals surface area contributed by atoms with E-state index in [2.05, 4.69) is 10.1 Å². The van der Waals surface area contributed by atoms with E-state index in [1.165, 1.54) is 10.9 Å². The van der Waals surface area contributed by atoms with Crippen LogP contribution in [-0.2, 0) is 0 Å². The molecule has 0 unspecified atom stereocenters. The van der Waals surface area contributed by atoms with E-state index < -0.39 is 0 Å². The lowest BCUT2D eigenvalue weighted by Crippen LogP contribution is -2.20. The highest BCUT2D eigenvalue weighted by Crippen LogP contribution is 2.41. The minimum Gasteiger partial charge on any atom is -0.493 e. The summed E-state index contributed by atoms with van der Waals surface area (Å²) in [5.41, 5.74) is 1.49. The first kappa shape index (κ1) is 20.3. The lowest BCUT2D eigenvalue weighted by Gasteiger charge is -2.08. The number of fused-ring (bicyclic) bond motifs is 3. The zero-order chi connectivity index (χ0) is 23.2. The number of hydrogen-bond acceptors (Lipinski definition) is 7. The number of aromatic nitrogens is 2. The summed E-state index contributed by atoms with van der Waals surface area (Å²) in [5.74, 6) is 2.24. The highest BCUT2D eigenvalue weighted by molar-refractivity contribution is 6.31. The molecule has 9 heteroatoms. The summed E-state index contributed by atoms with van der Waals surface area (Å²) in [5, 5.41) is 6.28. The Morgan fingerprint density at radius 2 is 2.00 bits per heavy atom. The van der Waals surface area contributed by atoms with Gasteiger partial charge in [-0.25, -0.2) is 4.98 Å². The number of rotatable bonds is 4. The molecule has 3 heterocycles. The summed E-state index contributed by atoms with van der Waals surface area (Å²) < 4.78 is 23.5. The molecule has 0 spiro atoms. The van der Waals surface area contributed by atoms with Crippen LogP contribution in [0.2, 0.25) is 5.02 Å². The summed E-state index contributed by atoms with van der Waals surface area (Å²) in [7, 11) is 1.54. The fraction of sp³-hybridized carbons (Fsp3) is 0.0800. The second kappa shape index (κ2) is 7.93. The predicted octanol–water partition coefficient (Wildman–Crippen LogP) is 5.08. The van der Waals surface area contributed by atoms with Crippen molar-refractivity contribution in [3.8, 4) is 28.8 Å². The van der Waals surface area contributed by atoms with Gasteiger partial charge in [0.05, 0.1) is 24.2 Å². The van der Waals surface area contributed by atoms with Crippen LogP contribution in [0.5, 0.6) is 17.2 Å². The Hall–Kier alpha value is -4.30.